The molecule has 1 saturated heterocycles. The molecule has 1 heterocycles. The van der Waals surface area contributed by atoms with Crippen molar-refractivity contribution in [1.82, 2.24) is 15.5 Å². The SMILES string of the molecule is CCOc1cc(OC)ccc1CNCC(=O)N1CCC[C@H](c2cccc(C(=O)N[C@@H](C(=O)C(C)C)C3CCCCC3)c2)C1. The van der Waals surface area contributed by atoms with Crippen LogP contribution in [-0.2, 0) is 16.1 Å². The van der Waals surface area contributed by atoms with E-state index in [4.69, 9.17) is 9.47 Å². The van der Waals surface area contributed by atoms with Crippen LogP contribution in [0.2, 0.25) is 0 Å². The van der Waals surface area contributed by atoms with E-state index in [0.29, 0.717) is 25.3 Å². The number of Topliss-reactive ketones (excluding diaryl/α,β-unsaturated/α-hetero) is 1. The van der Waals surface area contributed by atoms with Crippen molar-refractivity contribution < 1.29 is 23.9 Å². The Hall–Kier alpha value is -3.39. The minimum absolute atomic E-state index is 0.0626. The highest BCUT2D eigenvalue weighted by molar-refractivity contribution is 5.98. The normalized spacial score (nSPS) is 18.3. The second-order valence-electron chi connectivity index (χ2n) is 12.2. The number of hydrogen-bond donors (Lipinski definition) is 2. The quantitative estimate of drug-likeness (QED) is 0.320. The Morgan fingerprint density at radius 2 is 1.79 bits per heavy atom. The van der Waals surface area contributed by atoms with Crippen molar-refractivity contribution in [2.24, 2.45) is 11.8 Å². The molecule has 2 aromatic rings. The van der Waals surface area contributed by atoms with E-state index in [9.17, 15) is 14.4 Å². The Morgan fingerprint density at radius 1 is 1.00 bits per heavy atom. The third-order valence-electron chi connectivity index (χ3n) is 8.84. The number of hydrogen-bond acceptors (Lipinski definition) is 6. The molecule has 0 radical (unpaired) electrons. The molecule has 8 heteroatoms. The van der Waals surface area contributed by atoms with Gasteiger partial charge in [-0.1, -0.05) is 51.3 Å². The van der Waals surface area contributed by atoms with Crippen LogP contribution in [0.25, 0.3) is 0 Å². The van der Waals surface area contributed by atoms with E-state index in [2.05, 4.69) is 10.6 Å². The van der Waals surface area contributed by atoms with Gasteiger partial charge in [0.2, 0.25) is 5.91 Å². The highest BCUT2D eigenvalue weighted by atomic mass is 16.5. The minimum atomic E-state index is -0.436. The lowest BCUT2D eigenvalue weighted by atomic mass is 9.80. The van der Waals surface area contributed by atoms with Crippen molar-refractivity contribution in [1.29, 1.82) is 0 Å². The Kier molecular flexibility index (Phi) is 12.0. The number of carbonyl (C=O) groups is 3. The van der Waals surface area contributed by atoms with Crippen molar-refractivity contribution >= 4 is 17.6 Å². The van der Waals surface area contributed by atoms with Gasteiger partial charge in [-0.05, 0) is 62.3 Å². The van der Waals surface area contributed by atoms with Gasteiger partial charge in [-0.25, -0.2) is 0 Å². The van der Waals surface area contributed by atoms with Crippen LogP contribution >= 0.6 is 0 Å². The first-order chi connectivity index (χ1) is 20.8. The van der Waals surface area contributed by atoms with Crippen LogP contribution in [0.15, 0.2) is 42.5 Å². The number of amides is 2. The largest absolute Gasteiger partial charge is 0.497 e. The predicted octanol–water partition coefficient (Wildman–Crippen LogP) is 5.49. The summed E-state index contributed by atoms with van der Waals surface area (Å²) in [6.45, 7) is 8.41. The van der Waals surface area contributed by atoms with Gasteiger partial charge in [-0.15, -0.1) is 0 Å². The van der Waals surface area contributed by atoms with E-state index < -0.39 is 6.04 Å². The monoisotopic (exact) mass is 591 g/mol. The zero-order valence-electron chi connectivity index (χ0n) is 26.3. The third kappa shape index (κ3) is 8.82. The lowest BCUT2D eigenvalue weighted by molar-refractivity contribution is -0.131. The summed E-state index contributed by atoms with van der Waals surface area (Å²) in [6, 6.07) is 13.0. The van der Waals surface area contributed by atoms with Gasteiger partial charge in [0.15, 0.2) is 5.78 Å². The Balaban J connectivity index is 1.35. The number of ether oxygens (including phenoxy) is 2. The summed E-state index contributed by atoms with van der Waals surface area (Å²) in [4.78, 5) is 41.6. The first-order valence-electron chi connectivity index (χ1n) is 16.0. The summed E-state index contributed by atoms with van der Waals surface area (Å²) in [6.07, 6.45) is 7.26. The standard InChI is InChI=1S/C35H49N3O5/c1-5-43-31-20-30(42-4)17-16-28(31)21-36-22-32(39)38-18-10-15-29(23-38)26-13-9-14-27(19-26)35(41)37-33(34(40)24(2)3)25-11-7-6-8-12-25/h9,13-14,16-17,19-20,24-25,29,33,36H,5-8,10-12,15,18,21-23H2,1-4H3,(H,37,41)/t29-,33+/m0/s1. The number of benzene rings is 2. The fourth-order valence-electron chi connectivity index (χ4n) is 6.40. The van der Waals surface area contributed by atoms with E-state index in [0.717, 1.165) is 67.7 Å². The van der Waals surface area contributed by atoms with E-state index in [1.807, 2.05) is 68.1 Å². The molecule has 2 fully saturated rings. The van der Waals surface area contributed by atoms with Gasteiger partial charge >= 0.3 is 0 Å². The summed E-state index contributed by atoms with van der Waals surface area (Å²) in [5.41, 5.74) is 2.61. The number of nitrogens with zero attached hydrogens (tertiary/aromatic N) is 1. The van der Waals surface area contributed by atoms with Crippen LogP contribution in [0.4, 0.5) is 0 Å². The predicted molar refractivity (Wildman–Crippen MR) is 169 cm³/mol. The second kappa shape index (κ2) is 15.9. The van der Waals surface area contributed by atoms with Gasteiger partial charge in [-0.3, -0.25) is 14.4 Å². The molecule has 1 saturated carbocycles. The van der Waals surface area contributed by atoms with Gasteiger partial charge in [-0.2, -0.15) is 0 Å². The highest BCUT2D eigenvalue weighted by Crippen LogP contribution is 2.30. The molecule has 0 unspecified atom stereocenters. The molecule has 2 amide bonds. The molecule has 2 aliphatic rings. The number of nitrogens with one attached hydrogen (secondary N) is 2. The number of rotatable bonds is 13. The summed E-state index contributed by atoms with van der Waals surface area (Å²) < 4.78 is 11.1. The van der Waals surface area contributed by atoms with Crippen LogP contribution < -0.4 is 20.1 Å². The van der Waals surface area contributed by atoms with Crippen molar-refractivity contribution in [3.63, 3.8) is 0 Å². The van der Waals surface area contributed by atoms with Crippen LogP contribution in [0.1, 0.15) is 93.1 Å². The Bertz CT molecular complexity index is 1240. The first-order valence-corrected chi connectivity index (χ1v) is 16.0. The molecule has 2 atom stereocenters. The maximum atomic E-state index is 13.4. The number of ketones is 1. The lowest BCUT2D eigenvalue weighted by Gasteiger charge is -2.33. The van der Waals surface area contributed by atoms with E-state index in [1.165, 1.54) is 6.42 Å². The summed E-state index contributed by atoms with van der Waals surface area (Å²) >= 11 is 0. The topological polar surface area (TPSA) is 97.0 Å². The fourth-order valence-corrected chi connectivity index (χ4v) is 6.40. The lowest BCUT2D eigenvalue weighted by Crippen LogP contribution is -2.48. The van der Waals surface area contributed by atoms with Crippen LogP contribution in [0.3, 0.4) is 0 Å². The molecular weight excluding hydrogens is 542 g/mol. The summed E-state index contributed by atoms with van der Waals surface area (Å²) in [5, 5.41) is 6.40. The molecule has 2 N–H and O–H groups in total. The molecule has 0 spiro atoms. The smallest absolute Gasteiger partial charge is 0.251 e. The average molecular weight is 592 g/mol. The zero-order chi connectivity index (χ0) is 30.8. The molecule has 1 aliphatic carbocycles. The van der Waals surface area contributed by atoms with Crippen molar-refractivity contribution in [2.75, 3.05) is 33.4 Å². The van der Waals surface area contributed by atoms with Gasteiger partial charge in [0, 0.05) is 48.7 Å². The average Bonchev–Trinajstić information content (AvgIpc) is 3.04. The van der Waals surface area contributed by atoms with Crippen molar-refractivity contribution in [2.45, 2.75) is 84.2 Å². The summed E-state index contributed by atoms with van der Waals surface area (Å²) in [5.74, 6) is 1.71. The number of likely N-dealkylation sites (tertiary alicyclic amines) is 1. The van der Waals surface area contributed by atoms with E-state index in [-0.39, 0.29) is 41.9 Å². The molecule has 8 nitrogen and oxygen atoms in total. The van der Waals surface area contributed by atoms with Crippen LogP contribution in [0.5, 0.6) is 11.5 Å². The van der Waals surface area contributed by atoms with E-state index in [1.54, 1.807) is 7.11 Å². The third-order valence-corrected chi connectivity index (χ3v) is 8.84. The van der Waals surface area contributed by atoms with Gasteiger partial charge < -0.3 is 25.0 Å². The number of carbonyl (C=O) groups excluding carboxylic acids is 3. The van der Waals surface area contributed by atoms with Gasteiger partial charge in [0.25, 0.3) is 5.91 Å². The van der Waals surface area contributed by atoms with Gasteiger partial charge in [0.1, 0.15) is 11.5 Å². The van der Waals surface area contributed by atoms with Crippen LogP contribution in [0, 0.1) is 11.8 Å². The molecule has 1 aliphatic heterocycles. The number of methoxy groups -OCH3 is 1. The Labute approximate surface area is 256 Å². The van der Waals surface area contributed by atoms with Crippen molar-refractivity contribution in [3.05, 3.63) is 59.2 Å². The molecule has 0 aromatic heterocycles. The first kappa shape index (κ1) is 32.5. The maximum Gasteiger partial charge on any atom is 0.251 e. The zero-order valence-corrected chi connectivity index (χ0v) is 26.3. The Morgan fingerprint density at radius 3 is 2.51 bits per heavy atom. The maximum absolute atomic E-state index is 13.4. The molecule has 234 valence electrons. The minimum Gasteiger partial charge on any atom is -0.497 e. The molecular formula is C35H49N3O5. The van der Waals surface area contributed by atoms with Crippen molar-refractivity contribution in [3.8, 4) is 11.5 Å². The molecule has 0 bridgehead atoms. The molecule has 2 aromatic carbocycles. The number of piperidine rings is 1. The summed E-state index contributed by atoms with van der Waals surface area (Å²) in [7, 11) is 1.63. The highest BCUT2D eigenvalue weighted by Gasteiger charge is 2.32. The molecule has 4 rings (SSSR count). The second-order valence-corrected chi connectivity index (χ2v) is 12.2. The van der Waals surface area contributed by atoms with Gasteiger partial charge in [0.05, 0.1) is 26.3 Å². The molecule has 43 heavy (non-hydrogen) atoms. The fraction of sp³-hybridized carbons (Fsp3) is 0.571. The van der Waals surface area contributed by atoms with Crippen LogP contribution in [-0.4, -0.2) is 61.9 Å². The van der Waals surface area contributed by atoms with E-state index >= 15 is 0 Å².